The Labute approximate surface area is 257 Å². The van der Waals surface area contributed by atoms with Crippen molar-refractivity contribution in [2.75, 3.05) is 51.3 Å². The third kappa shape index (κ3) is 10.7. The van der Waals surface area contributed by atoms with Crippen molar-refractivity contribution in [1.29, 1.82) is 0 Å². The fourth-order valence-electron chi connectivity index (χ4n) is 4.66. The fourth-order valence-corrected chi connectivity index (χ4v) is 5.47. The number of thiazole rings is 1. The van der Waals surface area contributed by atoms with Gasteiger partial charge in [0.15, 0.2) is 0 Å². The summed E-state index contributed by atoms with van der Waals surface area (Å²) in [5.74, 6) is 0.559. The average Bonchev–Trinajstić information content (AvgIpc) is 3.61. The molecule has 0 spiro atoms. The molecule has 2 aromatic rings. The van der Waals surface area contributed by atoms with Crippen molar-refractivity contribution in [1.82, 2.24) is 20.5 Å². The first-order valence-electron chi connectivity index (χ1n) is 15.4. The van der Waals surface area contributed by atoms with E-state index < -0.39 is 12.1 Å². The molecular formula is C32H55N5O4S. The van der Waals surface area contributed by atoms with E-state index in [1.807, 2.05) is 85.0 Å². The second-order valence-corrected chi connectivity index (χ2v) is 11.5. The molecule has 4 rings (SSSR count). The Morgan fingerprint density at radius 2 is 1.83 bits per heavy atom. The molecule has 4 atom stereocenters. The van der Waals surface area contributed by atoms with Crippen LogP contribution in [0.1, 0.15) is 72.2 Å². The lowest BCUT2D eigenvalue weighted by Gasteiger charge is -2.33. The Kier molecular flexibility index (Phi) is 17.7. The maximum atomic E-state index is 12.9. The highest BCUT2D eigenvalue weighted by molar-refractivity contribution is 7.13. The Hall–Kier alpha value is -2.37. The molecule has 9 nitrogen and oxygen atoms in total. The SMILES string of the molecule is CC.CC.CC(C)C(C)C=O.Cc1ncsc1-c1ccc(C(CO)NC(=O)C2CC(O)CN2C)c(N2CCNCC2)c1. The van der Waals surface area contributed by atoms with E-state index in [1.165, 1.54) is 0 Å². The molecule has 0 bridgehead atoms. The van der Waals surface area contributed by atoms with Gasteiger partial charge in [0.25, 0.3) is 0 Å². The molecule has 1 aromatic carbocycles. The van der Waals surface area contributed by atoms with E-state index in [4.69, 9.17) is 0 Å². The van der Waals surface area contributed by atoms with Crippen molar-refractivity contribution in [3.05, 3.63) is 35.0 Å². The van der Waals surface area contributed by atoms with Gasteiger partial charge in [0, 0.05) is 49.9 Å². The molecule has 4 N–H and O–H groups in total. The largest absolute Gasteiger partial charge is 0.394 e. The summed E-state index contributed by atoms with van der Waals surface area (Å²) in [7, 11) is 1.84. The maximum absolute atomic E-state index is 12.9. The van der Waals surface area contributed by atoms with Gasteiger partial charge in [-0.15, -0.1) is 11.3 Å². The van der Waals surface area contributed by atoms with Crippen LogP contribution in [0.3, 0.4) is 0 Å². The number of aldehydes is 1. The number of piperazine rings is 1. The molecule has 0 aliphatic carbocycles. The number of hydrogen-bond acceptors (Lipinski definition) is 9. The highest BCUT2D eigenvalue weighted by atomic mass is 32.1. The fraction of sp³-hybridized carbons (Fsp3) is 0.656. The number of β-amino-alcohol motifs (C(OH)–C–C–N with tert-alkyl or cyclic N) is 1. The molecular weight excluding hydrogens is 550 g/mol. The number of rotatable bonds is 8. The lowest BCUT2D eigenvalue weighted by molar-refractivity contribution is -0.126. The molecule has 3 heterocycles. The number of aliphatic hydroxyl groups is 2. The average molecular weight is 606 g/mol. The van der Waals surface area contributed by atoms with Crippen LogP contribution in [0.15, 0.2) is 23.7 Å². The van der Waals surface area contributed by atoms with E-state index >= 15 is 0 Å². The lowest BCUT2D eigenvalue weighted by atomic mass is 9.99. The standard InChI is InChI=1S/C22H31N5O3S.C6H12O.2C2H6/c1-14-21(31-13-24-14)15-3-4-17(19(9-15)27-7-5-23-6-8-27)18(12-28)25-22(30)20-10-16(29)11-26(20)2;1-5(2)6(3)4-7;2*1-2/h3-4,9,13,16,18,20,23,28-29H,5-8,10-12H2,1-2H3,(H,25,30);4-6H,1-3H3;2*1-2H3. The maximum Gasteiger partial charge on any atom is 0.238 e. The molecule has 1 aromatic heterocycles. The van der Waals surface area contributed by atoms with Crippen molar-refractivity contribution in [2.45, 2.75) is 80.0 Å². The van der Waals surface area contributed by atoms with Gasteiger partial charge in [-0.3, -0.25) is 9.69 Å². The number of nitrogens with zero attached hydrogens (tertiary/aromatic N) is 3. The van der Waals surface area contributed by atoms with Gasteiger partial charge < -0.3 is 30.5 Å². The molecule has 1 amide bonds. The quantitative estimate of drug-likeness (QED) is 0.330. The number of benzene rings is 1. The number of aliphatic hydroxyl groups excluding tert-OH is 2. The second kappa shape index (κ2) is 19.7. The number of aromatic nitrogens is 1. The molecule has 2 saturated heterocycles. The van der Waals surface area contributed by atoms with E-state index in [2.05, 4.69) is 26.6 Å². The highest BCUT2D eigenvalue weighted by Crippen LogP contribution is 2.35. The molecule has 10 heteroatoms. The summed E-state index contributed by atoms with van der Waals surface area (Å²) >= 11 is 1.62. The van der Waals surface area contributed by atoms with E-state index in [0.29, 0.717) is 18.9 Å². The van der Waals surface area contributed by atoms with Crippen LogP contribution in [0.25, 0.3) is 10.4 Å². The summed E-state index contributed by atoms with van der Waals surface area (Å²) in [6.07, 6.45) is 0.908. The first-order chi connectivity index (χ1) is 20.2. The summed E-state index contributed by atoms with van der Waals surface area (Å²) in [6.45, 7) is 19.8. The zero-order valence-corrected chi connectivity index (χ0v) is 28.0. The molecule has 238 valence electrons. The summed E-state index contributed by atoms with van der Waals surface area (Å²) in [6, 6.07) is 5.31. The number of carbonyl (C=O) groups is 2. The monoisotopic (exact) mass is 605 g/mol. The molecule has 2 fully saturated rings. The van der Waals surface area contributed by atoms with Gasteiger partial charge in [0.2, 0.25) is 5.91 Å². The van der Waals surface area contributed by atoms with E-state index in [9.17, 15) is 19.8 Å². The van der Waals surface area contributed by atoms with Crippen molar-refractivity contribution < 1.29 is 19.8 Å². The number of hydrogen-bond donors (Lipinski definition) is 4. The highest BCUT2D eigenvalue weighted by Gasteiger charge is 2.35. The summed E-state index contributed by atoms with van der Waals surface area (Å²) in [5.41, 5.74) is 5.89. The van der Waals surface area contributed by atoms with Crippen LogP contribution in [0.5, 0.6) is 0 Å². The van der Waals surface area contributed by atoms with E-state index in [0.717, 1.165) is 59.9 Å². The number of anilines is 1. The van der Waals surface area contributed by atoms with Gasteiger partial charge in [-0.1, -0.05) is 60.6 Å². The van der Waals surface area contributed by atoms with Crippen molar-refractivity contribution in [2.24, 2.45) is 11.8 Å². The number of amides is 1. The Bertz CT molecular complexity index is 1060. The minimum Gasteiger partial charge on any atom is -0.394 e. The Morgan fingerprint density at radius 3 is 2.29 bits per heavy atom. The smallest absolute Gasteiger partial charge is 0.238 e. The van der Waals surface area contributed by atoms with Gasteiger partial charge in [0.1, 0.15) is 6.29 Å². The molecule has 42 heavy (non-hydrogen) atoms. The molecule has 2 aliphatic rings. The van der Waals surface area contributed by atoms with Gasteiger partial charge in [0.05, 0.1) is 40.9 Å². The predicted octanol–water partition coefficient (Wildman–Crippen LogP) is 4.27. The zero-order valence-electron chi connectivity index (χ0n) is 27.2. The van der Waals surface area contributed by atoms with Crippen LogP contribution in [-0.2, 0) is 9.59 Å². The van der Waals surface area contributed by atoms with Gasteiger partial charge in [-0.2, -0.15) is 0 Å². The van der Waals surface area contributed by atoms with Crippen molar-refractivity contribution in [3.8, 4) is 10.4 Å². The van der Waals surface area contributed by atoms with Crippen LogP contribution in [0, 0.1) is 18.8 Å². The first-order valence-corrected chi connectivity index (χ1v) is 16.3. The topological polar surface area (TPSA) is 118 Å². The summed E-state index contributed by atoms with van der Waals surface area (Å²) in [4.78, 5) is 32.6. The molecule has 0 radical (unpaired) electrons. The summed E-state index contributed by atoms with van der Waals surface area (Å²) in [5, 5.41) is 26.5. The van der Waals surface area contributed by atoms with Crippen LogP contribution in [-0.4, -0.2) is 90.8 Å². The molecule has 0 saturated carbocycles. The van der Waals surface area contributed by atoms with Crippen LogP contribution in [0.2, 0.25) is 0 Å². The van der Waals surface area contributed by atoms with E-state index in [1.54, 1.807) is 11.3 Å². The number of aryl methyl sites for hydroxylation is 1. The first kappa shape index (κ1) is 37.7. The van der Waals surface area contributed by atoms with Crippen molar-refractivity contribution >= 4 is 29.2 Å². The number of nitrogens with one attached hydrogen (secondary N) is 2. The Balaban J connectivity index is 0.000000696. The number of likely N-dealkylation sites (tertiary alicyclic amines) is 1. The lowest BCUT2D eigenvalue weighted by Crippen LogP contribution is -2.46. The molecule has 4 unspecified atom stereocenters. The van der Waals surface area contributed by atoms with E-state index in [-0.39, 0.29) is 24.5 Å². The Morgan fingerprint density at radius 1 is 1.19 bits per heavy atom. The molecule has 2 aliphatic heterocycles. The third-order valence-electron chi connectivity index (χ3n) is 7.47. The van der Waals surface area contributed by atoms with Gasteiger partial charge in [-0.25, -0.2) is 4.98 Å². The third-order valence-corrected chi connectivity index (χ3v) is 8.44. The minimum absolute atomic E-state index is 0.160. The van der Waals surface area contributed by atoms with Gasteiger partial charge >= 0.3 is 0 Å². The van der Waals surface area contributed by atoms with Crippen LogP contribution >= 0.6 is 11.3 Å². The zero-order chi connectivity index (χ0) is 31.8. The summed E-state index contributed by atoms with van der Waals surface area (Å²) < 4.78 is 0. The normalized spacial score (nSPS) is 19.8. The number of carbonyl (C=O) groups excluding carboxylic acids is 2. The van der Waals surface area contributed by atoms with Crippen LogP contribution in [0.4, 0.5) is 5.69 Å². The van der Waals surface area contributed by atoms with Crippen LogP contribution < -0.4 is 15.5 Å². The second-order valence-electron chi connectivity index (χ2n) is 10.6. The minimum atomic E-state index is -0.514. The van der Waals surface area contributed by atoms with Gasteiger partial charge in [-0.05, 0) is 37.9 Å². The predicted molar refractivity (Wildman–Crippen MR) is 175 cm³/mol. The van der Waals surface area contributed by atoms with Crippen molar-refractivity contribution in [3.63, 3.8) is 0 Å². The number of likely N-dealkylation sites (N-methyl/N-ethyl adjacent to an activating group) is 1.